The molecule has 0 N–H and O–H groups in total. The second-order valence-corrected chi connectivity index (χ2v) is 15.2. The Morgan fingerprint density at radius 1 is 0.938 bits per heavy atom. The van der Waals surface area contributed by atoms with E-state index in [1.807, 2.05) is 35.2 Å². The Labute approximate surface area is 284 Å². The molecule has 3 aromatic carbocycles. The Morgan fingerprint density at radius 2 is 1.62 bits per heavy atom. The number of anilines is 1. The number of piperidine rings is 1. The molecule has 1 amide bonds. The van der Waals surface area contributed by atoms with Gasteiger partial charge in [-0.2, -0.15) is 0 Å². The largest absolute Gasteiger partial charge is 0.497 e. The van der Waals surface area contributed by atoms with E-state index in [2.05, 4.69) is 16.8 Å². The van der Waals surface area contributed by atoms with Crippen molar-refractivity contribution in [3.8, 4) is 5.75 Å². The maximum Gasteiger partial charge on any atom is 0.265 e. The Balaban J connectivity index is 1.15. The minimum Gasteiger partial charge on any atom is -0.497 e. The van der Waals surface area contributed by atoms with Crippen molar-refractivity contribution in [1.29, 1.82) is 0 Å². The monoisotopic (exact) mass is 678 g/mol. The molecular weight excluding hydrogens is 631 g/mol. The van der Waals surface area contributed by atoms with E-state index in [-0.39, 0.29) is 35.4 Å². The zero-order chi connectivity index (χ0) is 34.1. The third-order valence-corrected chi connectivity index (χ3v) is 12.6. The number of para-hydroxylation sites is 1. The number of benzene rings is 3. The number of carbonyl (C=O) groups excluding carboxylic acids is 1. The Morgan fingerprint density at radius 3 is 2.29 bits per heavy atom. The van der Waals surface area contributed by atoms with Crippen molar-refractivity contribution in [3.63, 3.8) is 0 Å². The highest BCUT2D eigenvalue weighted by molar-refractivity contribution is 7.93. The van der Waals surface area contributed by atoms with Crippen LogP contribution in [0.15, 0.2) is 65.6 Å². The van der Waals surface area contributed by atoms with Crippen LogP contribution in [0.1, 0.15) is 41.5 Å². The molecule has 258 valence electrons. The zero-order valence-corrected chi connectivity index (χ0v) is 29.3. The predicted octanol–water partition coefficient (Wildman–Crippen LogP) is 4.74. The SMILES string of the molecule is COc1cc(C)c(S(=O)(=O)N2c3ccccc3CCC2COCC(=O)N2CCC(c3cccc(F)c3)(N3CCN(C)CC3)CC2)c(C)c1. The van der Waals surface area contributed by atoms with Gasteiger partial charge in [0.2, 0.25) is 5.91 Å². The van der Waals surface area contributed by atoms with E-state index >= 15 is 0 Å². The number of hydrogen-bond donors (Lipinski definition) is 0. The van der Waals surface area contributed by atoms with Crippen LogP contribution in [0.5, 0.6) is 5.75 Å². The van der Waals surface area contributed by atoms with E-state index in [4.69, 9.17) is 9.47 Å². The number of methoxy groups -OCH3 is 1. The predicted molar refractivity (Wildman–Crippen MR) is 184 cm³/mol. The Hall–Kier alpha value is -3.51. The van der Waals surface area contributed by atoms with Crippen LogP contribution in [0.25, 0.3) is 0 Å². The molecule has 2 fully saturated rings. The van der Waals surface area contributed by atoms with Gasteiger partial charge in [-0.25, -0.2) is 12.8 Å². The van der Waals surface area contributed by atoms with Gasteiger partial charge in [-0.15, -0.1) is 0 Å². The van der Waals surface area contributed by atoms with Crippen molar-refractivity contribution in [2.45, 2.75) is 56.0 Å². The van der Waals surface area contributed by atoms with Gasteiger partial charge in [0.15, 0.2) is 0 Å². The van der Waals surface area contributed by atoms with Gasteiger partial charge in [0, 0.05) is 44.8 Å². The average molecular weight is 679 g/mol. The smallest absolute Gasteiger partial charge is 0.265 e. The van der Waals surface area contributed by atoms with Crippen molar-refractivity contribution in [3.05, 3.63) is 88.7 Å². The third kappa shape index (κ3) is 6.70. The van der Waals surface area contributed by atoms with Crippen LogP contribution in [0.2, 0.25) is 0 Å². The fourth-order valence-corrected chi connectivity index (χ4v) is 10.0. The van der Waals surface area contributed by atoms with Crippen LogP contribution in [0.4, 0.5) is 10.1 Å². The molecule has 2 saturated heterocycles. The molecule has 9 nitrogen and oxygen atoms in total. The summed E-state index contributed by atoms with van der Waals surface area (Å²) in [5.74, 6) is 0.246. The average Bonchev–Trinajstić information content (AvgIpc) is 3.07. The summed E-state index contributed by atoms with van der Waals surface area (Å²) in [6.07, 6.45) is 2.70. The molecule has 0 spiro atoms. The first kappa shape index (κ1) is 34.4. The number of piperazine rings is 1. The maximum atomic E-state index is 14.4. The summed E-state index contributed by atoms with van der Waals surface area (Å²) in [5.41, 5.74) is 3.47. The van der Waals surface area contributed by atoms with Crippen LogP contribution in [0, 0.1) is 19.7 Å². The first-order chi connectivity index (χ1) is 23.0. The topological polar surface area (TPSA) is 82.6 Å². The summed E-state index contributed by atoms with van der Waals surface area (Å²) in [6, 6.07) is 17.5. The molecule has 3 aromatic rings. The third-order valence-electron chi connectivity index (χ3n) is 10.4. The van der Waals surface area contributed by atoms with Crippen molar-refractivity contribution < 1.29 is 27.1 Å². The number of sulfonamides is 1. The van der Waals surface area contributed by atoms with Crippen LogP contribution in [-0.4, -0.2) is 102 Å². The molecule has 3 aliphatic rings. The van der Waals surface area contributed by atoms with E-state index in [1.165, 1.54) is 10.4 Å². The number of likely N-dealkylation sites (N-methyl/N-ethyl adjacent to an activating group) is 1. The van der Waals surface area contributed by atoms with Crippen molar-refractivity contribution in [2.24, 2.45) is 0 Å². The van der Waals surface area contributed by atoms with Crippen LogP contribution < -0.4 is 9.04 Å². The van der Waals surface area contributed by atoms with Gasteiger partial charge < -0.3 is 19.3 Å². The summed E-state index contributed by atoms with van der Waals surface area (Å²) >= 11 is 0. The van der Waals surface area contributed by atoms with Gasteiger partial charge in [0.05, 0.1) is 30.3 Å². The number of hydrogen-bond acceptors (Lipinski definition) is 7. The van der Waals surface area contributed by atoms with E-state index in [1.54, 1.807) is 45.2 Å². The van der Waals surface area contributed by atoms with Gasteiger partial charge in [0.1, 0.15) is 18.2 Å². The van der Waals surface area contributed by atoms with Crippen molar-refractivity contribution >= 4 is 21.6 Å². The molecule has 0 radical (unpaired) electrons. The van der Waals surface area contributed by atoms with Gasteiger partial charge in [-0.3, -0.25) is 14.0 Å². The molecule has 11 heteroatoms. The van der Waals surface area contributed by atoms with Crippen LogP contribution in [0.3, 0.4) is 0 Å². The lowest BCUT2D eigenvalue weighted by Gasteiger charge is -2.51. The summed E-state index contributed by atoms with van der Waals surface area (Å²) < 4.78 is 56.2. The zero-order valence-electron chi connectivity index (χ0n) is 28.5. The minimum absolute atomic E-state index is 0.0932. The lowest BCUT2D eigenvalue weighted by atomic mass is 9.78. The first-order valence-electron chi connectivity index (χ1n) is 16.9. The standard InChI is InChI=1S/C37H47FN4O5S/c1-27-22-33(46-4)23-28(2)36(27)48(44,45)42-32(13-12-29-8-5-6-11-34(29)42)25-47-26-35(43)40-16-14-37(15-17-40,30-9-7-10-31(38)24-30)41-20-18-39(3)19-21-41/h5-11,22-24,32H,12-21,25-26H2,1-4H3. The van der Waals surface area contributed by atoms with E-state index < -0.39 is 16.1 Å². The fraction of sp³-hybridized carbons (Fsp3) is 0.486. The number of rotatable bonds is 9. The van der Waals surface area contributed by atoms with E-state index in [0.717, 1.165) is 37.3 Å². The molecule has 0 bridgehead atoms. The number of ether oxygens (including phenoxy) is 2. The lowest BCUT2D eigenvalue weighted by molar-refractivity contribution is -0.139. The molecule has 0 aliphatic carbocycles. The second-order valence-electron chi connectivity index (χ2n) is 13.4. The second kappa shape index (κ2) is 14.2. The molecule has 3 heterocycles. The van der Waals surface area contributed by atoms with Gasteiger partial charge >= 0.3 is 0 Å². The number of likely N-dealkylation sites (tertiary alicyclic amines) is 1. The minimum atomic E-state index is -3.97. The summed E-state index contributed by atoms with van der Waals surface area (Å²) in [4.78, 5) is 20.4. The molecule has 0 saturated carbocycles. The first-order valence-corrected chi connectivity index (χ1v) is 18.3. The number of amides is 1. The molecular formula is C37H47FN4O5S. The Bertz CT molecular complexity index is 1710. The summed E-state index contributed by atoms with van der Waals surface area (Å²) in [6.45, 7) is 8.29. The van der Waals surface area contributed by atoms with Gasteiger partial charge in [-0.05, 0) is 99.2 Å². The maximum absolute atomic E-state index is 14.4. The number of carbonyl (C=O) groups is 1. The fourth-order valence-electron chi connectivity index (χ4n) is 7.88. The molecule has 3 aliphatic heterocycles. The van der Waals surface area contributed by atoms with Crippen molar-refractivity contribution in [2.75, 3.05) is 70.9 Å². The highest BCUT2D eigenvalue weighted by Crippen LogP contribution is 2.41. The number of aryl methyl sites for hydroxylation is 3. The summed E-state index contributed by atoms with van der Waals surface area (Å²) in [7, 11) is -0.285. The van der Waals surface area contributed by atoms with Crippen LogP contribution >= 0.6 is 0 Å². The highest BCUT2D eigenvalue weighted by atomic mass is 32.2. The van der Waals surface area contributed by atoms with E-state index in [9.17, 15) is 17.6 Å². The number of nitrogens with zero attached hydrogens (tertiary/aromatic N) is 4. The van der Waals surface area contributed by atoms with Crippen LogP contribution in [-0.2, 0) is 31.5 Å². The normalized spacial score (nSPS) is 20.4. The molecule has 1 atom stereocenters. The lowest BCUT2D eigenvalue weighted by Crippen LogP contribution is -2.59. The quantitative estimate of drug-likeness (QED) is 0.324. The molecule has 1 unspecified atom stereocenters. The highest BCUT2D eigenvalue weighted by Gasteiger charge is 2.43. The molecule has 0 aromatic heterocycles. The van der Waals surface area contributed by atoms with Gasteiger partial charge in [-0.1, -0.05) is 30.3 Å². The van der Waals surface area contributed by atoms with Crippen molar-refractivity contribution in [1.82, 2.24) is 14.7 Å². The Kier molecular flexibility index (Phi) is 10.1. The summed E-state index contributed by atoms with van der Waals surface area (Å²) in [5, 5.41) is 0. The number of fused-ring (bicyclic) bond motifs is 1. The van der Waals surface area contributed by atoms with Gasteiger partial charge in [0.25, 0.3) is 10.0 Å². The molecule has 48 heavy (non-hydrogen) atoms. The number of halogens is 1. The van der Waals surface area contributed by atoms with E-state index in [0.29, 0.717) is 61.3 Å². The molecule has 6 rings (SSSR count).